The van der Waals surface area contributed by atoms with E-state index in [1.165, 1.54) is 17.3 Å². The van der Waals surface area contributed by atoms with E-state index in [-0.39, 0.29) is 29.0 Å². The molecule has 0 radical (unpaired) electrons. The number of aryl methyl sites for hydroxylation is 1. The molecule has 0 saturated carbocycles. The van der Waals surface area contributed by atoms with Gasteiger partial charge >= 0.3 is 0 Å². The number of carbonyl (C=O) groups is 1. The molecule has 1 aliphatic heterocycles. The largest absolute Gasteiger partial charge is 0.344 e. The van der Waals surface area contributed by atoms with Crippen LogP contribution in [0, 0.1) is 19.8 Å². The Morgan fingerprint density at radius 1 is 1.19 bits per heavy atom. The van der Waals surface area contributed by atoms with Gasteiger partial charge in [0.1, 0.15) is 5.82 Å². The van der Waals surface area contributed by atoms with E-state index in [0.717, 1.165) is 29.3 Å². The topological polar surface area (TPSA) is 86.9 Å². The van der Waals surface area contributed by atoms with E-state index >= 15 is 0 Å². The van der Waals surface area contributed by atoms with E-state index in [2.05, 4.69) is 26.9 Å². The number of carbonyl (C=O) groups excluding carboxylic acids is 1. The first-order chi connectivity index (χ1) is 15.2. The molecule has 0 aliphatic carbocycles. The molecule has 0 spiro atoms. The summed E-state index contributed by atoms with van der Waals surface area (Å²) in [7, 11) is -1.04. The van der Waals surface area contributed by atoms with Crippen molar-refractivity contribution >= 4 is 27.4 Å². The van der Waals surface area contributed by atoms with E-state index in [1.807, 2.05) is 49.7 Å². The number of ketones is 1. The van der Waals surface area contributed by atoms with Crippen LogP contribution >= 0.6 is 11.8 Å². The zero-order valence-electron chi connectivity index (χ0n) is 18.6. The van der Waals surface area contributed by atoms with E-state index in [1.54, 1.807) is 0 Å². The van der Waals surface area contributed by atoms with E-state index < -0.39 is 9.84 Å². The van der Waals surface area contributed by atoms with Crippen LogP contribution in [0.1, 0.15) is 39.6 Å². The maximum absolute atomic E-state index is 13.0. The number of Topliss-reactive ketones (excluding diaryl/α,β-unsaturated/α-hetero) is 1. The van der Waals surface area contributed by atoms with Crippen molar-refractivity contribution in [1.29, 1.82) is 0 Å². The van der Waals surface area contributed by atoms with Crippen molar-refractivity contribution in [3.63, 3.8) is 0 Å². The summed E-state index contributed by atoms with van der Waals surface area (Å²) < 4.78 is 27.5. The fourth-order valence-electron chi connectivity index (χ4n) is 4.24. The number of sulfone groups is 1. The summed E-state index contributed by atoms with van der Waals surface area (Å²) in [5.41, 5.74) is 3.97. The van der Waals surface area contributed by atoms with Gasteiger partial charge in [0, 0.05) is 37.0 Å². The van der Waals surface area contributed by atoms with Gasteiger partial charge in [0.2, 0.25) is 0 Å². The molecule has 1 aromatic carbocycles. The zero-order chi connectivity index (χ0) is 22.9. The standard InChI is InChI=1S/C23H28N4O3S2/c1-16-11-20(17(2)27(16)13-18-7-5-4-6-8-18)21(28)14-31-23-25-24-22(26(23)3)12-19-9-10-32(29,30)15-19/h4-8,11,19H,9-10,12-15H2,1-3H3/t19-/m0/s1. The maximum Gasteiger partial charge on any atom is 0.191 e. The minimum Gasteiger partial charge on any atom is -0.344 e. The van der Waals surface area contributed by atoms with Crippen molar-refractivity contribution in [2.75, 3.05) is 17.3 Å². The van der Waals surface area contributed by atoms with Crippen molar-refractivity contribution in [2.24, 2.45) is 13.0 Å². The van der Waals surface area contributed by atoms with Crippen LogP contribution in [-0.4, -0.2) is 50.8 Å². The first-order valence-electron chi connectivity index (χ1n) is 10.7. The van der Waals surface area contributed by atoms with Crippen LogP contribution in [0.25, 0.3) is 0 Å². The van der Waals surface area contributed by atoms with Crippen LogP contribution in [0.5, 0.6) is 0 Å². The Labute approximate surface area is 193 Å². The highest BCUT2D eigenvalue weighted by Gasteiger charge is 2.29. The van der Waals surface area contributed by atoms with Gasteiger partial charge in [-0.2, -0.15) is 0 Å². The first kappa shape index (κ1) is 22.8. The molecule has 1 atom stereocenters. The highest BCUT2D eigenvalue weighted by atomic mass is 32.2. The maximum atomic E-state index is 13.0. The molecule has 0 amide bonds. The normalized spacial score (nSPS) is 17.7. The van der Waals surface area contributed by atoms with Crippen molar-refractivity contribution in [1.82, 2.24) is 19.3 Å². The van der Waals surface area contributed by atoms with Gasteiger partial charge < -0.3 is 9.13 Å². The summed E-state index contributed by atoms with van der Waals surface area (Å²) in [4.78, 5) is 13.0. The molecule has 32 heavy (non-hydrogen) atoms. The van der Waals surface area contributed by atoms with Crippen LogP contribution in [-0.2, 0) is 29.9 Å². The quantitative estimate of drug-likeness (QED) is 0.370. The minimum atomic E-state index is -2.91. The number of aromatic nitrogens is 4. The number of nitrogens with zero attached hydrogens (tertiary/aromatic N) is 4. The summed E-state index contributed by atoms with van der Waals surface area (Å²) in [5.74, 6) is 1.68. The van der Waals surface area contributed by atoms with Gasteiger partial charge in [-0.3, -0.25) is 4.79 Å². The summed E-state index contributed by atoms with van der Waals surface area (Å²) in [5, 5.41) is 9.15. The predicted molar refractivity (Wildman–Crippen MR) is 126 cm³/mol. The number of benzene rings is 1. The summed E-state index contributed by atoms with van der Waals surface area (Å²) in [6, 6.07) is 12.2. The Kier molecular flexibility index (Phi) is 6.57. The molecule has 9 heteroatoms. The molecule has 7 nitrogen and oxygen atoms in total. The summed E-state index contributed by atoms with van der Waals surface area (Å²) in [6.45, 7) is 4.75. The van der Waals surface area contributed by atoms with Crippen LogP contribution in [0.3, 0.4) is 0 Å². The SMILES string of the molecule is Cc1cc(C(=O)CSc2nnc(C[C@@H]3CCS(=O)(=O)C3)n2C)c(C)n1Cc1ccccc1. The Bertz CT molecular complexity index is 1230. The minimum absolute atomic E-state index is 0.0637. The van der Waals surface area contributed by atoms with Crippen molar-refractivity contribution < 1.29 is 13.2 Å². The average Bonchev–Trinajstić information content (AvgIpc) is 3.38. The zero-order valence-corrected chi connectivity index (χ0v) is 20.2. The van der Waals surface area contributed by atoms with Gasteiger partial charge in [0.15, 0.2) is 20.8 Å². The second kappa shape index (κ2) is 9.23. The summed E-state index contributed by atoms with van der Waals surface area (Å²) in [6.07, 6.45) is 1.27. The van der Waals surface area contributed by atoms with Gasteiger partial charge in [-0.15, -0.1) is 10.2 Å². The lowest BCUT2D eigenvalue weighted by Gasteiger charge is -2.10. The Balaban J connectivity index is 1.40. The Morgan fingerprint density at radius 3 is 2.62 bits per heavy atom. The average molecular weight is 473 g/mol. The second-order valence-electron chi connectivity index (χ2n) is 8.50. The smallest absolute Gasteiger partial charge is 0.191 e. The summed E-state index contributed by atoms with van der Waals surface area (Å²) >= 11 is 1.37. The third-order valence-corrected chi connectivity index (χ3v) is 8.97. The molecule has 0 N–H and O–H groups in total. The number of thioether (sulfide) groups is 1. The van der Waals surface area contributed by atoms with Crippen LogP contribution in [0.15, 0.2) is 41.6 Å². The lowest BCUT2D eigenvalue weighted by atomic mass is 10.1. The van der Waals surface area contributed by atoms with Gasteiger partial charge in [-0.1, -0.05) is 42.1 Å². The Hall–Kier alpha value is -2.39. The molecule has 1 fully saturated rings. The Morgan fingerprint density at radius 2 is 1.94 bits per heavy atom. The van der Waals surface area contributed by atoms with Crippen LogP contribution in [0.2, 0.25) is 0 Å². The van der Waals surface area contributed by atoms with E-state index in [0.29, 0.717) is 18.0 Å². The molecule has 3 heterocycles. The van der Waals surface area contributed by atoms with Crippen molar-refractivity contribution in [2.45, 2.75) is 38.4 Å². The fourth-order valence-corrected chi connectivity index (χ4v) is 6.92. The molecule has 0 bridgehead atoms. The monoisotopic (exact) mass is 472 g/mol. The molecule has 2 aromatic heterocycles. The van der Waals surface area contributed by atoms with E-state index in [9.17, 15) is 13.2 Å². The fraction of sp³-hybridized carbons (Fsp3) is 0.435. The molecule has 4 rings (SSSR count). The molecule has 170 valence electrons. The number of hydrogen-bond donors (Lipinski definition) is 0. The van der Waals surface area contributed by atoms with Gasteiger partial charge in [-0.05, 0) is 37.8 Å². The number of hydrogen-bond acceptors (Lipinski definition) is 6. The molecule has 0 unspecified atom stereocenters. The molecular weight excluding hydrogens is 444 g/mol. The van der Waals surface area contributed by atoms with Crippen molar-refractivity contribution in [3.8, 4) is 0 Å². The lowest BCUT2D eigenvalue weighted by Crippen LogP contribution is -2.11. The highest BCUT2D eigenvalue weighted by Crippen LogP contribution is 2.25. The van der Waals surface area contributed by atoms with Crippen molar-refractivity contribution in [3.05, 3.63) is 64.7 Å². The van der Waals surface area contributed by atoms with Gasteiger partial charge in [-0.25, -0.2) is 8.42 Å². The highest BCUT2D eigenvalue weighted by molar-refractivity contribution is 7.99. The van der Waals surface area contributed by atoms with Gasteiger partial charge in [0.25, 0.3) is 0 Å². The molecular formula is C23H28N4O3S2. The second-order valence-corrected chi connectivity index (χ2v) is 11.7. The van der Waals surface area contributed by atoms with Crippen LogP contribution in [0.4, 0.5) is 0 Å². The van der Waals surface area contributed by atoms with Gasteiger partial charge in [0.05, 0.1) is 17.3 Å². The lowest BCUT2D eigenvalue weighted by molar-refractivity contribution is 0.102. The van der Waals surface area contributed by atoms with E-state index in [4.69, 9.17) is 0 Å². The first-order valence-corrected chi connectivity index (χ1v) is 13.5. The number of rotatable bonds is 8. The predicted octanol–water partition coefficient (Wildman–Crippen LogP) is 3.23. The third kappa shape index (κ3) is 4.99. The molecule has 1 aliphatic rings. The third-order valence-electron chi connectivity index (χ3n) is 6.11. The molecule has 1 saturated heterocycles. The van der Waals surface area contributed by atoms with Crippen LogP contribution < -0.4 is 0 Å². The molecule has 3 aromatic rings.